The van der Waals surface area contributed by atoms with Crippen LogP contribution in [0.25, 0.3) is 0 Å². The fourth-order valence-corrected chi connectivity index (χ4v) is 12.7. The van der Waals surface area contributed by atoms with Crippen molar-refractivity contribution >= 4 is 21.4 Å². The predicted molar refractivity (Wildman–Crippen MR) is 151 cm³/mol. The molecule has 4 nitrogen and oxygen atoms in total. The zero-order valence-electron chi connectivity index (χ0n) is 24.2. The fraction of sp³-hybridized carbons (Fsp3) is 0.897. The van der Waals surface area contributed by atoms with Gasteiger partial charge in [0.05, 0.1) is 7.14 Å². The molecular weight excluding hydrogens is 740 g/mol. The van der Waals surface area contributed by atoms with E-state index in [0.29, 0.717) is 31.1 Å². The zero-order chi connectivity index (χ0) is 30.5. The average Bonchev–Trinajstić information content (AvgIpc) is 2.98. The first-order chi connectivity index (χ1) is 19.3. The number of hydrogen-bond donors (Lipinski definition) is 1. The molecule has 0 unspecified atom stereocenters. The van der Waals surface area contributed by atoms with Crippen LogP contribution in [0.1, 0.15) is 128 Å². The van der Waals surface area contributed by atoms with Crippen LogP contribution in [0.4, 0.5) is 26.3 Å². The van der Waals surface area contributed by atoms with Crippen molar-refractivity contribution in [3.63, 3.8) is 0 Å². The predicted octanol–water partition coefficient (Wildman–Crippen LogP) is 11.1. The third-order valence-corrected chi connectivity index (χ3v) is 14.8. The number of carbonyl (C=O) groups excluding carboxylic acids is 1. The van der Waals surface area contributed by atoms with Crippen molar-refractivity contribution in [3.8, 4) is 0 Å². The molecule has 0 aromatic heterocycles. The summed E-state index contributed by atoms with van der Waals surface area (Å²) in [7, 11) is -1.57. The largest absolute Gasteiger partial charge is 0.504 e. The normalized spacial score (nSPS) is 22.7. The third kappa shape index (κ3) is 13.6. The monoisotopic (exact) mass is 787 g/mol. The van der Waals surface area contributed by atoms with Gasteiger partial charge in [0.25, 0.3) is 5.78 Å². The molecule has 1 radical (unpaired) electrons. The van der Waals surface area contributed by atoms with Gasteiger partial charge in [-0.3, -0.25) is 9.36 Å². The van der Waals surface area contributed by atoms with Gasteiger partial charge in [-0.2, -0.15) is 26.3 Å². The molecular formula is C29H46EuF6O4P2. The number of aliphatic hydroxyl groups is 1. The van der Waals surface area contributed by atoms with E-state index in [-0.39, 0.29) is 49.4 Å². The van der Waals surface area contributed by atoms with Crippen LogP contribution < -0.4 is 0 Å². The van der Waals surface area contributed by atoms with Crippen molar-refractivity contribution in [2.75, 3.05) is 0 Å². The Labute approximate surface area is 289 Å². The zero-order valence-corrected chi connectivity index (χ0v) is 28.5. The molecule has 4 fully saturated rings. The number of alkyl halides is 6. The van der Waals surface area contributed by atoms with E-state index in [9.17, 15) is 40.3 Å². The first kappa shape index (κ1) is 40.7. The summed E-state index contributed by atoms with van der Waals surface area (Å²) in [4.78, 5) is 9.86. The molecule has 245 valence electrons. The van der Waals surface area contributed by atoms with Gasteiger partial charge in [0.2, 0.25) is 5.76 Å². The van der Waals surface area contributed by atoms with E-state index < -0.39 is 37.1 Å². The van der Waals surface area contributed by atoms with Crippen LogP contribution >= 0.6 is 15.6 Å². The van der Waals surface area contributed by atoms with Gasteiger partial charge in [-0.15, -0.1) is 0 Å². The van der Waals surface area contributed by atoms with Gasteiger partial charge in [-0.25, -0.2) is 0 Å². The smallest absolute Gasteiger partial charge is 0.454 e. The summed E-state index contributed by atoms with van der Waals surface area (Å²) >= 11 is 0. The Morgan fingerprint density at radius 2 is 0.929 bits per heavy atom. The average molecular weight is 787 g/mol. The molecule has 0 bridgehead atoms. The Bertz CT molecular complexity index is 820. The number of carbonyl (C=O) groups is 1. The molecule has 13 heteroatoms. The van der Waals surface area contributed by atoms with Gasteiger partial charge >= 0.3 is 12.4 Å². The standard InChI is InChI=1S/C18H33OP.C6H11OP.C5H2F6O2.Eu/c19-20(16-10-4-1-5-11-16,17-12-6-2-7-13-17)18-14-8-3-9-15-18;7-8-6-4-2-1-3-5-6;6-4(7,8)2(12)1-3(13)5(9,10)11;/h16-18H,1-15H2;6H,1-5H2;1,12H;/b;;2-1-;. The van der Waals surface area contributed by atoms with Crippen LogP contribution in [0, 0.1) is 49.4 Å². The molecule has 0 aromatic carbocycles. The van der Waals surface area contributed by atoms with E-state index in [1.54, 1.807) is 0 Å². The van der Waals surface area contributed by atoms with Crippen LogP contribution in [0.15, 0.2) is 11.8 Å². The minimum Gasteiger partial charge on any atom is -0.504 e. The first-order valence-electron chi connectivity index (χ1n) is 15.3. The van der Waals surface area contributed by atoms with Crippen LogP contribution in [0.2, 0.25) is 0 Å². The van der Waals surface area contributed by atoms with Crippen LogP contribution in [0.5, 0.6) is 0 Å². The number of ketones is 1. The van der Waals surface area contributed by atoms with Gasteiger partial charge in [0, 0.05) is 78.1 Å². The molecule has 4 rings (SSSR count). The summed E-state index contributed by atoms with van der Waals surface area (Å²) < 4.78 is 92.6. The SMILES string of the molecule is O=C(/C=C(\O)C(F)(F)F)C(F)(F)F.O=P(C1CCCCC1)(C1CCCCC1)C1CCCCC1.O=PC1CCCCC1.[Eu]. The molecule has 0 aromatic rings. The quantitative estimate of drug-likeness (QED) is 0.130. The Hall–Kier alpha value is 0.704. The summed E-state index contributed by atoms with van der Waals surface area (Å²) in [6.07, 6.45) is 14.7. The number of hydrogen-bond acceptors (Lipinski definition) is 4. The molecule has 0 saturated heterocycles. The van der Waals surface area contributed by atoms with E-state index in [0.717, 1.165) is 0 Å². The minimum atomic E-state index is -5.42. The first-order valence-corrected chi connectivity index (χ1v) is 18.1. The van der Waals surface area contributed by atoms with Gasteiger partial charge in [-0.05, 0) is 51.4 Å². The van der Waals surface area contributed by atoms with E-state index >= 15 is 0 Å². The van der Waals surface area contributed by atoms with Crippen molar-refractivity contribution in [2.24, 2.45) is 0 Å². The number of allylic oxidation sites excluding steroid dienone is 2. The maximum atomic E-state index is 14.3. The van der Waals surface area contributed by atoms with E-state index in [1.165, 1.54) is 128 Å². The summed E-state index contributed by atoms with van der Waals surface area (Å²) in [5.74, 6) is -5.34. The van der Waals surface area contributed by atoms with Crippen molar-refractivity contribution < 1.29 is 94.8 Å². The van der Waals surface area contributed by atoms with E-state index in [1.807, 2.05) is 0 Å². The molecule has 0 aliphatic heterocycles. The Morgan fingerprint density at radius 3 is 1.17 bits per heavy atom. The second-order valence-corrected chi connectivity index (χ2v) is 16.6. The second kappa shape index (κ2) is 20.1. The Balaban J connectivity index is 0.000000346. The molecule has 0 spiro atoms. The molecule has 4 aliphatic carbocycles. The molecule has 4 saturated carbocycles. The number of halogens is 6. The van der Waals surface area contributed by atoms with Crippen LogP contribution in [0.3, 0.4) is 0 Å². The van der Waals surface area contributed by atoms with Crippen molar-refractivity contribution in [1.29, 1.82) is 0 Å². The van der Waals surface area contributed by atoms with Crippen LogP contribution in [-0.2, 0) is 13.9 Å². The van der Waals surface area contributed by atoms with Gasteiger partial charge < -0.3 is 9.67 Å². The molecule has 1 N–H and O–H groups in total. The topological polar surface area (TPSA) is 71.4 Å². The maximum Gasteiger partial charge on any atom is 0.454 e. The van der Waals surface area contributed by atoms with Gasteiger partial charge in [0.1, 0.15) is 0 Å². The van der Waals surface area contributed by atoms with Crippen LogP contribution in [-0.4, -0.2) is 45.9 Å². The number of aliphatic hydroxyl groups excluding tert-OH is 1. The molecule has 0 amide bonds. The molecule has 0 atom stereocenters. The van der Waals surface area contributed by atoms with E-state index in [4.69, 9.17) is 5.11 Å². The third-order valence-electron chi connectivity index (χ3n) is 9.00. The van der Waals surface area contributed by atoms with Crippen molar-refractivity contribution in [3.05, 3.63) is 11.8 Å². The Kier molecular flexibility index (Phi) is 19.4. The maximum absolute atomic E-state index is 14.3. The summed E-state index contributed by atoms with van der Waals surface area (Å²) in [5, 5.41) is 7.93. The van der Waals surface area contributed by atoms with Crippen molar-refractivity contribution in [2.45, 2.75) is 163 Å². The minimum absolute atomic E-state index is 0. The van der Waals surface area contributed by atoms with Gasteiger partial charge in [-0.1, -0.05) is 77.0 Å². The molecule has 0 heterocycles. The molecule has 42 heavy (non-hydrogen) atoms. The number of rotatable bonds is 5. The van der Waals surface area contributed by atoms with E-state index in [2.05, 4.69) is 0 Å². The Morgan fingerprint density at radius 1 is 0.619 bits per heavy atom. The van der Waals surface area contributed by atoms with Crippen molar-refractivity contribution in [1.82, 2.24) is 0 Å². The fourth-order valence-electron chi connectivity index (χ4n) is 6.82. The summed E-state index contributed by atoms with van der Waals surface area (Å²) in [6.45, 7) is 0. The molecule has 4 aliphatic rings. The second-order valence-electron chi connectivity index (χ2n) is 11.9. The summed E-state index contributed by atoms with van der Waals surface area (Å²) in [6, 6.07) is 0. The van der Waals surface area contributed by atoms with Gasteiger partial charge in [0.15, 0.2) is 8.46 Å². The summed E-state index contributed by atoms with van der Waals surface area (Å²) in [5.41, 5.74) is 2.39.